The van der Waals surface area contributed by atoms with Crippen LogP contribution in [0.2, 0.25) is 0 Å². The zero-order valence-electron chi connectivity index (χ0n) is 11.3. The Bertz CT molecular complexity index is 140. The van der Waals surface area contributed by atoms with Gasteiger partial charge in [-0.15, -0.1) is 0 Å². The van der Waals surface area contributed by atoms with Crippen LogP contribution < -0.4 is 5.32 Å². The highest BCUT2D eigenvalue weighted by atomic mass is 14.8. The largest absolute Gasteiger partial charge is 0.317 e. The van der Waals surface area contributed by atoms with Crippen molar-refractivity contribution in [1.29, 1.82) is 0 Å². The van der Waals surface area contributed by atoms with Gasteiger partial charge in [-0.05, 0) is 31.8 Å². The molecule has 0 aromatic rings. The highest BCUT2D eigenvalue weighted by molar-refractivity contribution is 4.73. The van der Waals surface area contributed by atoms with Gasteiger partial charge in [-0.1, -0.05) is 64.7 Å². The van der Waals surface area contributed by atoms with E-state index in [4.69, 9.17) is 0 Å². The maximum absolute atomic E-state index is 3.57. The second-order valence-electron chi connectivity index (χ2n) is 5.46. The molecule has 0 saturated heterocycles. The Balaban J connectivity index is 1.61. The van der Waals surface area contributed by atoms with Crippen molar-refractivity contribution in [2.24, 2.45) is 5.92 Å². The molecule has 1 aliphatic rings. The lowest BCUT2D eigenvalue weighted by atomic mass is 10.1. The van der Waals surface area contributed by atoms with E-state index in [0.29, 0.717) is 0 Å². The second-order valence-corrected chi connectivity index (χ2v) is 5.46. The van der Waals surface area contributed by atoms with E-state index in [9.17, 15) is 0 Å². The summed E-state index contributed by atoms with van der Waals surface area (Å²) < 4.78 is 0. The minimum atomic E-state index is 1.09. The van der Waals surface area contributed by atoms with Gasteiger partial charge in [-0.25, -0.2) is 0 Å². The van der Waals surface area contributed by atoms with Crippen LogP contribution in [0.5, 0.6) is 0 Å². The molecule has 16 heavy (non-hydrogen) atoms. The summed E-state index contributed by atoms with van der Waals surface area (Å²) in [5.41, 5.74) is 0. The fourth-order valence-electron chi connectivity index (χ4n) is 2.22. The molecule has 1 N–H and O–H groups in total. The summed E-state index contributed by atoms with van der Waals surface area (Å²) in [4.78, 5) is 0. The van der Waals surface area contributed by atoms with Crippen molar-refractivity contribution in [1.82, 2.24) is 5.32 Å². The molecule has 0 spiro atoms. The van der Waals surface area contributed by atoms with Crippen LogP contribution in [-0.2, 0) is 0 Å². The average Bonchev–Trinajstić information content (AvgIpc) is 3.10. The van der Waals surface area contributed by atoms with Crippen LogP contribution in [-0.4, -0.2) is 13.1 Å². The fourth-order valence-corrected chi connectivity index (χ4v) is 2.22. The first kappa shape index (κ1) is 14.0. The van der Waals surface area contributed by atoms with Crippen molar-refractivity contribution in [3.63, 3.8) is 0 Å². The first-order chi connectivity index (χ1) is 7.93. The molecule has 0 aromatic carbocycles. The van der Waals surface area contributed by atoms with Crippen molar-refractivity contribution in [2.45, 2.75) is 77.6 Å². The van der Waals surface area contributed by atoms with E-state index in [2.05, 4.69) is 12.2 Å². The van der Waals surface area contributed by atoms with Gasteiger partial charge in [0.1, 0.15) is 0 Å². The number of rotatable bonds is 12. The third-order valence-corrected chi connectivity index (χ3v) is 3.63. The number of unbranched alkanes of at least 4 members (excludes halogenated alkanes) is 7. The van der Waals surface area contributed by atoms with E-state index in [-0.39, 0.29) is 0 Å². The van der Waals surface area contributed by atoms with Crippen LogP contribution in [0.4, 0.5) is 0 Å². The number of nitrogens with one attached hydrogen (secondary N) is 1. The molecule has 0 radical (unpaired) electrons. The van der Waals surface area contributed by atoms with Crippen molar-refractivity contribution in [2.75, 3.05) is 13.1 Å². The molecule has 0 amide bonds. The van der Waals surface area contributed by atoms with Crippen molar-refractivity contribution >= 4 is 0 Å². The van der Waals surface area contributed by atoms with Gasteiger partial charge in [0.15, 0.2) is 0 Å². The zero-order valence-corrected chi connectivity index (χ0v) is 11.3. The lowest BCUT2D eigenvalue weighted by molar-refractivity contribution is 0.544. The highest BCUT2D eigenvalue weighted by Gasteiger charge is 2.19. The van der Waals surface area contributed by atoms with Gasteiger partial charge in [-0.2, -0.15) is 0 Å². The summed E-state index contributed by atoms with van der Waals surface area (Å²) in [5.74, 6) is 1.09. The quantitative estimate of drug-likeness (QED) is 0.482. The van der Waals surface area contributed by atoms with Crippen molar-refractivity contribution < 1.29 is 0 Å². The second kappa shape index (κ2) is 10.1. The first-order valence-corrected chi connectivity index (χ1v) is 7.64. The van der Waals surface area contributed by atoms with Gasteiger partial charge in [0.05, 0.1) is 0 Å². The van der Waals surface area contributed by atoms with Gasteiger partial charge >= 0.3 is 0 Å². The maximum Gasteiger partial charge on any atom is -0.00463 e. The lowest BCUT2D eigenvalue weighted by Gasteiger charge is -2.04. The summed E-state index contributed by atoms with van der Waals surface area (Å²) in [6, 6.07) is 0. The maximum atomic E-state index is 3.57. The van der Waals surface area contributed by atoms with Gasteiger partial charge in [-0.3, -0.25) is 0 Å². The first-order valence-electron chi connectivity index (χ1n) is 7.64. The van der Waals surface area contributed by atoms with E-state index in [1.54, 1.807) is 0 Å². The Hall–Kier alpha value is -0.0400. The molecule has 1 heteroatoms. The molecule has 1 saturated carbocycles. The standard InChI is InChI=1S/C15H31N/c1-2-3-4-5-6-7-8-9-13-16-14-12-15-10-11-15/h15-16H,2-14H2,1H3. The van der Waals surface area contributed by atoms with Gasteiger partial charge in [0, 0.05) is 0 Å². The summed E-state index contributed by atoms with van der Waals surface area (Å²) in [7, 11) is 0. The molecule has 0 unspecified atom stereocenters. The normalized spacial score (nSPS) is 15.6. The van der Waals surface area contributed by atoms with Crippen molar-refractivity contribution in [3.05, 3.63) is 0 Å². The zero-order chi connectivity index (χ0) is 11.5. The van der Waals surface area contributed by atoms with Crippen LogP contribution in [0.15, 0.2) is 0 Å². The molecular weight excluding hydrogens is 194 g/mol. The van der Waals surface area contributed by atoms with E-state index in [1.807, 2.05) is 0 Å². The van der Waals surface area contributed by atoms with E-state index in [0.717, 1.165) is 5.92 Å². The molecule has 1 nitrogen and oxygen atoms in total. The Labute approximate surface area is 102 Å². The minimum absolute atomic E-state index is 1.09. The monoisotopic (exact) mass is 225 g/mol. The molecule has 96 valence electrons. The van der Waals surface area contributed by atoms with Crippen LogP contribution in [0.3, 0.4) is 0 Å². The number of hydrogen-bond donors (Lipinski definition) is 1. The fraction of sp³-hybridized carbons (Fsp3) is 1.00. The Morgan fingerprint density at radius 2 is 1.44 bits per heavy atom. The predicted octanol–water partition coefficient (Wildman–Crippen LogP) is 4.52. The summed E-state index contributed by atoms with van der Waals surface area (Å²) in [6.07, 6.45) is 15.9. The summed E-state index contributed by atoms with van der Waals surface area (Å²) in [6.45, 7) is 4.80. The Morgan fingerprint density at radius 1 is 0.812 bits per heavy atom. The molecule has 1 fully saturated rings. The van der Waals surface area contributed by atoms with E-state index >= 15 is 0 Å². The minimum Gasteiger partial charge on any atom is -0.317 e. The molecule has 0 heterocycles. The number of hydrogen-bond acceptors (Lipinski definition) is 1. The smallest absolute Gasteiger partial charge is 0.00463 e. The lowest BCUT2D eigenvalue weighted by Crippen LogP contribution is -2.16. The van der Waals surface area contributed by atoms with Crippen LogP contribution in [0, 0.1) is 5.92 Å². The SMILES string of the molecule is CCCCCCCCCCNCCC1CC1. The van der Waals surface area contributed by atoms with Gasteiger partial charge < -0.3 is 5.32 Å². The Kier molecular flexibility index (Phi) is 8.88. The van der Waals surface area contributed by atoms with Gasteiger partial charge in [0.2, 0.25) is 0 Å². The van der Waals surface area contributed by atoms with Gasteiger partial charge in [0.25, 0.3) is 0 Å². The molecule has 0 aliphatic heterocycles. The summed E-state index contributed by atoms with van der Waals surface area (Å²) in [5, 5.41) is 3.57. The predicted molar refractivity (Wildman–Crippen MR) is 72.8 cm³/mol. The molecule has 0 bridgehead atoms. The third kappa shape index (κ3) is 9.21. The molecular formula is C15H31N. The van der Waals surface area contributed by atoms with Crippen LogP contribution in [0.1, 0.15) is 77.6 Å². The topological polar surface area (TPSA) is 12.0 Å². The summed E-state index contributed by atoms with van der Waals surface area (Å²) >= 11 is 0. The van der Waals surface area contributed by atoms with Crippen LogP contribution >= 0.6 is 0 Å². The molecule has 0 atom stereocenters. The van der Waals surface area contributed by atoms with Crippen molar-refractivity contribution in [3.8, 4) is 0 Å². The van der Waals surface area contributed by atoms with E-state index in [1.165, 1.54) is 83.7 Å². The van der Waals surface area contributed by atoms with E-state index < -0.39 is 0 Å². The Morgan fingerprint density at radius 3 is 2.06 bits per heavy atom. The highest BCUT2D eigenvalue weighted by Crippen LogP contribution is 2.31. The molecule has 1 aliphatic carbocycles. The average molecular weight is 225 g/mol. The third-order valence-electron chi connectivity index (χ3n) is 3.63. The molecule has 0 aromatic heterocycles. The van der Waals surface area contributed by atoms with Crippen LogP contribution in [0.25, 0.3) is 0 Å². The molecule has 1 rings (SSSR count).